The lowest BCUT2D eigenvalue weighted by Crippen LogP contribution is -2.49. The number of carbonyl (C=O) groups excluding carboxylic acids is 1. The molecule has 0 aromatic heterocycles. The van der Waals surface area contributed by atoms with Crippen molar-refractivity contribution < 1.29 is 9.53 Å². The zero-order valence-electron chi connectivity index (χ0n) is 20.1. The average molecular weight is 486 g/mol. The Bertz CT molecular complexity index is 910. The van der Waals surface area contributed by atoms with Gasteiger partial charge in [0.25, 0.3) is 0 Å². The van der Waals surface area contributed by atoms with E-state index in [1.165, 1.54) is 5.69 Å². The third kappa shape index (κ3) is 7.09. The number of piperazine rings is 2. The number of ether oxygens (including phenoxy) is 1. The summed E-state index contributed by atoms with van der Waals surface area (Å²) < 4.78 is 5.80. The number of rotatable bonds is 9. The fraction of sp³-hybridized carbons (Fsp3) is 0.500. The van der Waals surface area contributed by atoms with Crippen LogP contribution in [0.5, 0.6) is 5.75 Å². The van der Waals surface area contributed by atoms with Gasteiger partial charge in [-0.1, -0.05) is 30.7 Å². The molecule has 0 radical (unpaired) electrons. The number of halogens is 1. The molecule has 2 heterocycles. The van der Waals surface area contributed by atoms with Crippen molar-refractivity contribution in [2.24, 2.45) is 0 Å². The topological polar surface area (TPSA) is 51.3 Å². The Morgan fingerprint density at radius 3 is 2.21 bits per heavy atom. The summed E-state index contributed by atoms with van der Waals surface area (Å²) in [5.74, 6) is 0.770. The van der Waals surface area contributed by atoms with Crippen LogP contribution in [0.2, 0.25) is 5.02 Å². The van der Waals surface area contributed by atoms with Gasteiger partial charge in [0.15, 0.2) is 0 Å². The molecule has 2 saturated heterocycles. The van der Waals surface area contributed by atoms with E-state index in [-0.39, 0.29) is 5.91 Å². The molecule has 2 aromatic carbocycles. The first-order valence-corrected chi connectivity index (χ1v) is 12.7. The quantitative estimate of drug-likeness (QED) is 0.589. The molecule has 0 spiro atoms. The van der Waals surface area contributed by atoms with Crippen molar-refractivity contribution in [1.82, 2.24) is 14.7 Å². The summed E-state index contributed by atoms with van der Waals surface area (Å²) in [4.78, 5) is 22.0. The number of likely N-dealkylation sites (N-methyl/N-ethyl adjacent to an activating group) is 1. The van der Waals surface area contributed by atoms with Crippen LogP contribution in [0.15, 0.2) is 48.5 Å². The maximum absolute atomic E-state index is 12.6. The molecule has 4 rings (SSSR count). The van der Waals surface area contributed by atoms with Crippen LogP contribution < -0.4 is 15.0 Å². The summed E-state index contributed by atoms with van der Waals surface area (Å²) >= 11 is 6.14. The fourth-order valence-electron chi connectivity index (χ4n) is 4.50. The van der Waals surface area contributed by atoms with Crippen LogP contribution in [0.3, 0.4) is 0 Å². The third-order valence-corrected chi connectivity index (χ3v) is 6.98. The predicted octanol–water partition coefficient (Wildman–Crippen LogP) is 3.12. The molecule has 0 atom stereocenters. The number of amides is 1. The number of hydrogen-bond donors (Lipinski definition) is 1. The smallest absolute Gasteiger partial charge is 0.238 e. The van der Waals surface area contributed by atoms with Crippen molar-refractivity contribution in [2.75, 3.05) is 88.8 Å². The Morgan fingerprint density at radius 2 is 1.53 bits per heavy atom. The second kappa shape index (κ2) is 12.4. The van der Waals surface area contributed by atoms with Gasteiger partial charge in [0.05, 0.1) is 11.6 Å². The third-order valence-electron chi connectivity index (χ3n) is 6.67. The number of nitrogens with zero attached hydrogens (tertiary/aromatic N) is 4. The minimum Gasteiger partial charge on any atom is -0.491 e. The van der Waals surface area contributed by atoms with Crippen LogP contribution in [0.4, 0.5) is 11.4 Å². The molecule has 0 saturated carbocycles. The van der Waals surface area contributed by atoms with Gasteiger partial charge in [-0.2, -0.15) is 0 Å². The zero-order valence-corrected chi connectivity index (χ0v) is 20.8. The van der Waals surface area contributed by atoms with Crippen molar-refractivity contribution >= 4 is 28.9 Å². The van der Waals surface area contributed by atoms with Crippen LogP contribution in [0, 0.1) is 0 Å². The van der Waals surface area contributed by atoms with E-state index in [0.29, 0.717) is 18.2 Å². The van der Waals surface area contributed by atoms with Crippen LogP contribution in [0.1, 0.15) is 6.92 Å². The minimum atomic E-state index is 0.0415. The number of hydrogen-bond acceptors (Lipinski definition) is 6. The molecule has 0 bridgehead atoms. The molecule has 0 aliphatic carbocycles. The first-order valence-electron chi connectivity index (χ1n) is 12.3. The van der Waals surface area contributed by atoms with E-state index >= 15 is 0 Å². The lowest BCUT2D eigenvalue weighted by Gasteiger charge is -2.35. The molecule has 8 heteroatoms. The Hall–Kier alpha value is -2.32. The molecule has 7 nitrogen and oxygen atoms in total. The van der Waals surface area contributed by atoms with Crippen LogP contribution >= 0.6 is 11.6 Å². The monoisotopic (exact) mass is 485 g/mol. The second-order valence-electron chi connectivity index (χ2n) is 8.91. The Labute approximate surface area is 208 Å². The molecule has 1 N–H and O–H groups in total. The van der Waals surface area contributed by atoms with Gasteiger partial charge >= 0.3 is 0 Å². The van der Waals surface area contributed by atoms with E-state index in [4.69, 9.17) is 16.3 Å². The van der Waals surface area contributed by atoms with Gasteiger partial charge < -0.3 is 19.9 Å². The van der Waals surface area contributed by atoms with E-state index in [0.717, 1.165) is 76.9 Å². The maximum atomic E-state index is 12.6. The summed E-state index contributed by atoms with van der Waals surface area (Å²) in [5.41, 5.74) is 2.08. The second-order valence-corrected chi connectivity index (χ2v) is 9.32. The van der Waals surface area contributed by atoms with Crippen molar-refractivity contribution in [2.45, 2.75) is 6.92 Å². The number of benzene rings is 2. The molecule has 184 valence electrons. The maximum Gasteiger partial charge on any atom is 0.238 e. The van der Waals surface area contributed by atoms with Gasteiger partial charge in [-0.05, 0) is 42.9 Å². The molecule has 2 aliphatic rings. The fourth-order valence-corrected chi connectivity index (χ4v) is 4.69. The highest BCUT2D eigenvalue weighted by atomic mass is 35.5. The molecule has 2 fully saturated rings. The highest BCUT2D eigenvalue weighted by Crippen LogP contribution is 2.23. The Kier molecular flexibility index (Phi) is 9.04. The van der Waals surface area contributed by atoms with E-state index in [1.807, 2.05) is 36.4 Å². The van der Waals surface area contributed by atoms with Gasteiger partial charge in [0.1, 0.15) is 12.4 Å². The summed E-state index contributed by atoms with van der Waals surface area (Å²) in [6, 6.07) is 15.8. The number of anilines is 2. The molecule has 34 heavy (non-hydrogen) atoms. The Balaban J connectivity index is 1.14. The van der Waals surface area contributed by atoms with Crippen LogP contribution in [-0.2, 0) is 4.79 Å². The molecular formula is C26H36ClN5O2. The first-order chi connectivity index (χ1) is 16.6. The summed E-state index contributed by atoms with van der Waals surface area (Å²) in [6.07, 6.45) is 0. The Morgan fingerprint density at radius 1 is 0.882 bits per heavy atom. The molecule has 2 aliphatic heterocycles. The van der Waals surface area contributed by atoms with Gasteiger partial charge in [-0.15, -0.1) is 0 Å². The summed E-state index contributed by atoms with van der Waals surface area (Å²) in [6.45, 7) is 13.1. The van der Waals surface area contributed by atoms with Gasteiger partial charge in [-0.3, -0.25) is 14.6 Å². The van der Waals surface area contributed by atoms with Crippen molar-refractivity contribution in [1.29, 1.82) is 0 Å². The zero-order chi connectivity index (χ0) is 23.8. The predicted molar refractivity (Wildman–Crippen MR) is 139 cm³/mol. The van der Waals surface area contributed by atoms with Crippen LogP contribution in [-0.4, -0.2) is 99.2 Å². The summed E-state index contributed by atoms with van der Waals surface area (Å²) in [7, 11) is 0. The van der Waals surface area contributed by atoms with E-state index in [1.54, 1.807) is 0 Å². The highest BCUT2D eigenvalue weighted by molar-refractivity contribution is 6.32. The number of nitrogens with one attached hydrogen (secondary N) is 1. The van der Waals surface area contributed by atoms with Crippen molar-refractivity contribution in [3.63, 3.8) is 0 Å². The number of para-hydroxylation sites is 1. The van der Waals surface area contributed by atoms with Crippen molar-refractivity contribution in [3.8, 4) is 5.75 Å². The lowest BCUT2D eigenvalue weighted by atomic mass is 10.2. The van der Waals surface area contributed by atoms with Gasteiger partial charge in [0, 0.05) is 70.3 Å². The van der Waals surface area contributed by atoms with E-state index in [2.05, 4.69) is 44.0 Å². The average Bonchev–Trinajstić information content (AvgIpc) is 2.87. The molecule has 0 unspecified atom stereocenters. The molecular weight excluding hydrogens is 450 g/mol. The lowest BCUT2D eigenvalue weighted by molar-refractivity contribution is -0.117. The minimum absolute atomic E-state index is 0.0415. The van der Waals surface area contributed by atoms with E-state index < -0.39 is 0 Å². The first kappa shape index (κ1) is 24.8. The number of carbonyl (C=O) groups is 1. The van der Waals surface area contributed by atoms with Crippen LogP contribution in [0.25, 0.3) is 0 Å². The van der Waals surface area contributed by atoms with Gasteiger partial charge in [-0.25, -0.2) is 0 Å². The molecule has 1 amide bonds. The molecule has 2 aromatic rings. The summed E-state index contributed by atoms with van der Waals surface area (Å²) in [5, 5.41) is 3.69. The SMILES string of the molecule is CCN1CCN(c2ccc(NC(=O)CN3CCN(CCOc4ccccc4Cl)CC3)cc2)CC1. The highest BCUT2D eigenvalue weighted by Gasteiger charge is 2.19. The normalized spacial score (nSPS) is 18.1. The largest absolute Gasteiger partial charge is 0.491 e. The van der Waals surface area contributed by atoms with E-state index in [9.17, 15) is 4.79 Å². The van der Waals surface area contributed by atoms with Gasteiger partial charge in [0.2, 0.25) is 5.91 Å². The van der Waals surface area contributed by atoms with Crippen molar-refractivity contribution in [3.05, 3.63) is 53.6 Å². The standard InChI is InChI=1S/C26H36ClN5O2/c1-2-29-15-17-32(18-16-29)23-9-7-22(8-10-23)28-26(33)21-31-13-11-30(12-14-31)19-20-34-25-6-4-3-5-24(25)27/h3-10H,2,11-21H2,1H3,(H,28,33).